The van der Waals surface area contributed by atoms with Crippen LogP contribution < -0.4 is 5.32 Å². The van der Waals surface area contributed by atoms with E-state index < -0.39 is 0 Å². The third-order valence-electron chi connectivity index (χ3n) is 4.11. The number of nitrogens with one attached hydrogen (secondary N) is 1. The number of aryl methyl sites for hydroxylation is 1. The van der Waals surface area contributed by atoms with Gasteiger partial charge in [0.25, 0.3) is 0 Å². The minimum Gasteiger partial charge on any atom is -0.388 e. The number of ether oxygens (including phenoxy) is 1. The summed E-state index contributed by atoms with van der Waals surface area (Å²) in [6.07, 6.45) is 7.53. The molecular weight excluding hydrogens is 282 g/mol. The van der Waals surface area contributed by atoms with Crippen LogP contribution in [0.1, 0.15) is 43.2 Å². The predicted molar refractivity (Wildman–Crippen MR) is 98.9 cm³/mol. The van der Waals surface area contributed by atoms with Crippen LogP contribution in [0, 0.1) is 0 Å². The predicted octanol–water partition coefficient (Wildman–Crippen LogP) is 5.44. The Labute approximate surface area is 140 Å². The average Bonchev–Trinajstić information content (AvgIpc) is 2.61. The van der Waals surface area contributed by atoms with E-state index in [-0.39, 0.29) is 0 Å². The largest absolute Gasteiger partial charge is 0.388 e. The molecule has 124 valence electrons. The molecule has 0 heterocycles. The fraction of sp³-hybridized carbons (Fsp3) is 0.429. The van der Waals surface area contributed by atoms with Gasteiger partial charge in [0.15, 0.2) is 0 Å². The van der Waals surface area contributed by atoms with Gasteiger partial charge in [-0.05, 0) is 42.5 Å². The summed E-state index contributed by atoms with van der Waals surface area (Å²) in [7, 11) is 1.96. The first kappa shape index (κ1) is 17.6. The van der Waals surface area contributed by atoms with Gasteiger partial charge >= 0.3 is 0 Å². The Morgan fingerprint density at radius 3 is 2.17 bits per heavy atom. The summed E-state index contributed by atoms with van der Waals surface area (Å²) in [5.74, 6) is 0. The lowest BCUT2D eigenvalue weighted by molar-refractivity contribution is 0.116. The summed E-state index contributed by atoms with van der Waals surface area (Å²) in [6.45, 7) is 1.61. The number of unbranched alkanes of at least 4 members (excludes halogenated alkanes) is 4. The highest BCUT2D eigenvalue weighted by molar-refractivity contribution is 5.43. The summed E-state index contributed by atoms with van der Waals surface area (Å²) in [6, 6.07) is 19.1. The Morgan fingerprint density at radius 2 is 1.43 bits per heavy atom. The summed E-state index contributed by atoms with van der Waals surface area (Å²) in [5.41, 5.74) is 3.89. The van der Waals surface area contributed by atoms with E-state index in [0.29, 0.717) is 0 Å². The molecule has 2 rings (SSSR count). The summed E-state index contributed by atoms with van der Waals surface area (Å²) < 4.78 is 5.71. The quantitative estimate of drug-likeness (QED) is 0.558. The molecule has 2 heteroatoms. The molecule has 2 aromatic carbocycles. The first-order valence-corrected chi connectivity index (χ1v) is 8.77. The van der Waals surface area contributed by atoms with Gasteiger partial charge in [-0.2, -0.15) is 0 Å². The lowest BCUT2D eigenvalue weighted by Gasteiger charge is -2.05. The molecule has 2 aromatic rings. The topological polar surface area (TPSA) is 21.3 Å². The van der Waals surface area contributed by atoms with E-state index in [0.717, 1.165) is 13.2 Å². The summed E-state index contributed by atoms with van der Waals surface area (Å²) in [5, 5.41) is 3.15. The number of rotatable bonds is 11. The second-order valence-electron chi connectivity index (χ2n) is 6.00. The molecule has 0 unspecified atom stereocenters. The van der Waals surface area contributed by atoms with Crippen molar-refractivity contribution < 1.29 is 4.74 Å². The number of hydrogen-bond acceptors (Lipinski definition) is 2. The van der Waals surface area contributed by atoms with E-state index in [1.165, 1.54) is 55.3 Å². The monoisotopic (exact) mass is 311 g/mol. The maximum Gasteiger partial charge on any atom is 0.0716 e. The van der Waals surface area contributed by atoms with E-state index in [4.69, 9.17) is 4.74 Å². The van der Waals surface area contributed by atoms with Crippen molar-refractivity contribution in [3.8, 4) is 0 Å². The van der Waals surface area contributed by atoms with Crippen LogP contribution in [0.25, 0.3) is 0 Å². The lowest BCUT2D eigenvalue weighted by atomic mass is 10.1. The molecule has 0 radical (unpaired) electrons. The van der Waals surface area contributed by atoms with E-state index in [1.807, 2.05) is 13.1 Å². The molecule has 0 amide bonds. The van der Waals surface area contributed by atoms with Gasteiger partial charge in [-0.1, -0.05) is 61.7 Å². The van der Waals surface area contributed by atoms with Gasteiger partial charge in [-0.25, -0.2) is 0 Å². The number of benzene rings is 2. The molecule has 0 bridgehead atoms. The molecule has 0 spiro atoms. The van der Waals surface area contributed by atoms with E-state index in [9.17, 15) is 0 Å². The van der Waals surface area contributed by atoms with Crippen molar-refractivity contribution in [2.24, 2.45) is 0 Å². The van der Waals surface area contributed by atoms with Crippen molar-refractivity contribution in [3.63, 3.8) is 0 Å². The van der Waals surface area contributed by atoms with Crippen LogP contribution >= 0.6 is 0 Å². The minimum absolute atomic E-state index is 0.740. The fourth-order valence-corrected chi connectivity index (χ4v) is 2.67. The van der Waals surface area contributed by atoms with Gasteiger partial charge in [0.2, 0.25) is 0 Å². The molecular formula is C21H29NO. The van der Waals surface area contributed by atoms with Crippen molar-refractivity contribution in [2.45, 2.75) is 45.1 Å². The molecule has 0 aliphatic carbocycles. The van der Waals surface area contributed by atoms with Crippen molar-refractivity contribution in [1.82, 2.24) is 0 Å². The zero-order valence-corrected chi connectivity index (χ0v) is 14.3. The molecule has 1 N–H and O–H groups in total. The highest BCUT2D eigenvalue weighted by Crippen LogP contribution is 2.12. The third kappa shape index (κ3) is 7.34. The molecule has 0 fully saturated rings. The van der Waals surface area contributed by atoms with Gasteiger partial charge in [0.1, 0.15) is 0 Å². The SMILES string of the molecule is CNc1ccc(CCCCCCCOCc2ccccc2)cc1. The van der Waals surface area contributed by atoms with Gasteiger partial charge in [-0.3, -0.25) is 0 Å². The standard InChI is InChI=1S/C21H29NO/c1-22-21-15-13-19(14-16-21)10-6-3-2-4-9-17-23-18-20-11-7-5-8-12-20/h5,7-8,11-16,22H,2-4,6,9-10,17-18H2,1H3. The van der Waals surface area contributed by atoms with Crippen LogP contribution in [-0.4, -0.2) is 13.7 Å². The highest BCUT2D eigenvalue weighted by Gasteiger charge is 1.96. The molecule has 23 heavy (non-hydrogen) atoms. The smallest absolute Gasteiger partial charge is 0.0716 e. The molecule has 0 saturated heterocycles. The molecule has 0 aliphatic rings. The molecule has 0 saturated carbocycles. The van der Waals surface area contributed by atoms with Crippen LogP contribution in [0.4, 0.5) is 5.69 Å². The summed E-state index contributed by atoms with van der Waals surface area (Å²) in [4.78, 5) is 0. The Kier molecular flexibility index (Phi) is 8.28. The van der Waals surface area contributed by atoms with Crippen LogP contribution in [0.2, 0.25) is 0 Å². The van der Waals surface area contributed by atoms with Gasteiger partial charge in [0, 0.05) is 19.3 Å². The maximum atomic E-state index is 5.71. The van der Waals surface area contributed by atoms with Crippen LogP contribution in [0.3, 0.4) is 0 Å². The normalized spacial score (nSPS) is 10.7. The molecule has 0 aromatic heterocycles. The van der Waals surface area contributed by atoms with E-state index in [1.54, 1.807) is 0 Å². The maximum absolute atomic E-state index is 5.71. The second-order valence-corrected chi connectivity index (χ2v) is 6.00. The Balaban J connectivity index is 1.43. The zero-order chi connectivity index (χ0) is 16.2. The Hall–Kier alpha value is -1.80. The molecule has 2 nitrogen and oxygen atoms in total. The number of anilines is 1. The van der Waals surface area contributed by atoms with Crippen molar-refractivity contribution in [2.75, 3.05) is 19.0 Å². The molecule has 0 aliphatic heterocycles. The highest BCUT2D eigenvalue weighted by atomic mass is 16.5. The number of hydrogen-bond donors (Lipinski definition) is 1. The van der Waals surface area contributed by atoms with Crippen molar-refractivity contribution >= 4 is 5.69 Å². The van der Waals surface area contributed by atoms with Crippen LogP contribution in [0.5, 0.6) is 0 Å². The van der Waals surface area contributed by atoms with Gasteiger partial charge in [0.05, 0.1) is 6.61 Å². The van der Waals surface area contributed by atoms with Gasteiger partial charge < -0.3 is 10.1 Å². The molecule has 0 atom stereocenters. The van der Waals surface area contributed by atoms with Crippen molar-refractivity contribution in [3.05, 3.63) is 65.7 Å². The minimum atomic E-state index is 0.740. The van der Waals surface area contributed by atoms with E-state index in [2.05, 4.69) is 53.8 Å². The first-order chi connectivity index (χ1) is 11.4. The fourth-order valence-electron chi connectivity index (χ4n) is 2.67. The Bertz CT molecular complexity index is 521. The zero-order valence-electron chi connectivity index (χ0n) is 14.3. The van der Waals surface area contributed by atoms with Crippen LogP contribution in [0.15, 0.2) is 54.6 Å². The van der Waals surface area contributed by atoms with Gasteiger partial charge in [-0.15, -0.1) is 0 Å². The second kappa shape index (κ2) is 10.8. The Morgan fingerprint density at radius 1 is 0.739 bits per heavy atom. The average molecular weight is 311 g/mol. The first-order valence-electron chi connectivity index (χ1n) is 8.77. The lowest BCUT2D eigenvalue weighted by Crippen LogP contribution is -1.95. The third-order valence-corrected chi connectivity index (χ3v) is 4.11. The van der Waals surface area contributed by atoms with Crippen LogP contribution in [-0.2, 0) is 17.8 Å². The van der Waals surface area contributed by atoms with Crippen molar-refractivity contribution in [1.29, 1.82) is 0 Å². The summed E-state index contributed by atoms with van der Waals surface area (Å²) >= 11 is 0. The van der Waals surface area contributed by atoms with E-state index >= 15 is 0 Å².